The van der Waals surface area contributed by atoms with E-state index in [4.69, 9.17) is 16.0 Å². The summed E-state index contributed by atoms with van der Waals surface area (Å²) in [5.41, 5.74) is 1.80. The van der Waals surface area contributed by atoms with Crippen LogP contribution in [0.4, 0.5) is 5.69 Å². The lowest BCUT2D eigenvalue weighted by atomic mass is 10.1. The Balaban J connectivity index is 2.33. The van der Waals surface area contributed by atoms with E-state index in [1.54, 1.807) is 4.90 Å². The summed E-state index contributed by atoms with van der Waals surface area (Å²) in [6, 6.07) is 7.67. The van der Waals surface area contributed by atoms with E-state index in [2.05, 4.69) is 10.2 Å². The molecule has 2 aromatic rings. The quantitative estimate of drug-likeness (QED) is 0.764. The van der Waals surface area contributed by atoms with E-state index in [0.717, 1.165) is 11.3 Å². The molecule has 1 amide bonds. The zero-order valence-corrected chi connectivity index (χ0v) is 13.8. The lowest BCUT2D eigenvalue weighted by Crippen LogP contribution is -2.36. The molecular weight excluding hydrogens is 302 g/mol. The van der Waals surface area contributed by atoms with Crippen molar-refractivity contribution in [3.63, 3.8) is 0 Å². The molecule has 0 N–H and O–H groups in total. The summed E-state index contributed by atoms with van der Waals surface area (Å²) >= 11 is 6.15. The first-order chi connectivity index (χ1) is 10.6. The van der Waals surface area contributed by atoms with Crippen molar-refractivity contribution in [3.05, 3.63) is 41.6 Å². The second kappa shape index (κ2) is 7.40. The molecule has 0 saturated carbocycles. The van der Waals surface area contributed by atoms with E-state index >= 15 is 0 Å². The lowest BCUT2D eigenvalue weighted by molar-refractivity contribution is -0.118. The molecule has 1 aromatic heterocycles. The Hall–Kier alpha value is -1.88. The number of rotatable bonds is 6. The van der Waals surface area contributed by atoms with Gasteiger partial charge in [-0.15, -0.1) is 21.8 Å². The molecule has 0 radical (unpaired) electrons. The highest BCUT2D eigenvalue weighted by Crippen LogP contribution is 2.24. The minimum absolute atomic E-state index is 0.158. The Morgan fingerprint density at radius 1 is 1.27 bits per heavy atom. The SMILES string of the molecule is CCc1nnc(CN(C(=O)C(Cl)CC)c2ccccc2C)o1. The number of benzene rings is 1. The Labute approximate surface area is 135 Å². The fourth-order valence-corrected chi connectivity index (χ4v) is 2.24. The largest absolute Gasteiger partial charge is 0.423 e. The van der Waals surface area contributed by atoms with Crippen molar-refractivity contribution in [1.29, 1.82) is 0 Å². The molecule has 0 aliphatic carbocycles. The van der Waals surface area contributed by atoms with E-state index in [-0.39, 0.29) is 12.5 Å². The second-order valence-electron chi connectivity index (χ2n) is 5.03. The fraction of sp³-hybridized carbons (Fsp3) is 0.438. The molecule has 1 aromatic carbocycles. The van der Waals surface area contributed by atoms with Crippen LogP contribution in [0.3, 0.4) is 0 Å². The number of para-hydroxylation sites is 1. The van der Waals surface area contributed by atoms with Crippen LogP contribution in [-0.4, -0.2) is 21.5 Å². The third kappa shape index (κ3) is 3.65. The number of carbonyl (C=O) groups is 1. The fourth-order valence-electron chi connectivity index (χ4n) is 2.12. The summed E-state index contributed by atoms with van der Waals surface area (Å²) in [6.07, 6.45) is 1.23. The van der Waals surface area contributed by atoms with Crippen molar-refractivity contribution in [3.8, 4) is 0 Å². The van der Waals surface area contributed by atoms with Crippen LogP contribution in [0.5, 0.6) is 0 Å². The molecule has 22 heavy (non-hydrogen) atoms. The zero-order valence-electron chi connectivity index (χ0n) is 13.0. The van der Waals surface area contributed by atoms with Crippen LogP contribution >= 0.6 is 11.6 Å². The highest BCUT2D eigenvalue weighted by atomic mass is 35.5. The topological polar surface area (TPSA) is 59.2 Å². The summed E-state index contributed by atoms with van der Waals surface area (Å²) in [5, 5.41) is 7.36. The molecule has 1 heterocycles. The van der Waals surface area contributed by atoms with Gasteiger partial charge in [-0.25, -0.2) is 0 Å². The van der Waals surface area contributed by atoms with Gasteiger partial charge in [0.15, 0.2) is 0 Å². The molecule has 0 bridgehead atoms. The van der Waals surface area contributed by atoms with Crippen molar-refractivity contribution in [2.45, 2.75) is 45.5 Å². The Kier molecular flexibility index (Phi) is 5.55. The number of alkyl halides is 1. The average molecular weight is 322 g/mol. The van der Waals surface area contributed by atoms with Crippen molar-refractivity contribution < 1.29 is 9.21 Å². The van der Waals surface area contributed by atoms with Crippen LogP contribution in [0.25, 0.3) is 0 Å². The molecule has 0 aliphatic heterocycles. The summed E-state index contributed by atoms with van der Waals surface area (Å²) in [4.78, 5) is 14.2. The monoisotopic (exact) mass is 321 g/mol. The molecule has 0 spiro atoms. The molecule has 5 nitrogen and oxygen atoms in total. The van der Waals surface area contributed by atoms with Gasteiger partial charge in [-0.3, -0.25) is 4.79 Å². The number of amides is 1. The lowest BCUT2D eigenvalue weighted by Gasteiger charge is -2.24. The van der Waals surface area contributed by atoms with Crippen molar-refractivity contribution in [2.24, 2.45) is 0 Å². The second-order valence-corrected chi connectivity index (χ2v) is 5.56. The van der Waals surface area contributed by atoms with E-state index in [1.165, 1.54) is 0 Å². The third-order valence-electron chi connectivity index (χ3n) is 3.40. The Morgan fingerprint density at radius 2 is 1.95 bits per heavy atom. The van der Waals surface area contributed by atoms with Crippen LogP contribution in [0.15, 0.2) is 28.7 Å². The molecule has 0 saturated heterocycles. The molecule has 6 heteroatoms. The number of nitrogens with zero attached hydrogens (tertiary/aromatic N) is 3. The first-order valence-corrected chi connectivity index (χ1v) is 7.82. The normalized spacial score (nSPS) is 12.2. The number of hydrogen-bond acceptors (Lipinski definition) is 4. The van der Waals surface area contributed by atoms with Crippen LogP contribution in [0.1, 0.15) is 37.6 Å². The van der Waals surface area contributed by atoms with Crippen molar-refractivity contribution in [1.82, 2.24) is 10.2 Å². The van der Waals surface area contributed by atoms with Gasteiger partial charge in [0.25, 0.3) is 0 Å². The van der Waals surface area contributed by atoms with Gasteiger partial charge in [-0.05, 0) is 25.0 Å². The standard InChI is InChI=1S/C16H20ClN3O2/c1-4-12(17)16(21)20(13-9-7-6-8-11(13)3)10-15-19-18-14(5-2)22-15/h6-9,12H,4-5,10H2,1-3H3. The van der Waals surface area contributed by atoms with Crippen molar-refractivity contribution in [2.75, 3.05) is 4.90 Å². The van der Waals surface area contributed by atoms with Gasteiger partial charge in [0.1, 0.15) is 11.9 Å². The molecule has 1 atom stereocenters. The van der Waals surface area contributed by atoms with E-state index < -0.39 is 5.38 Å². The number of halogens is 1. The summed E-state index contributed by atoms with van der Waals surface area (Å²) in [7, 11) is 0. The number of aryl methyl sites for hydroxylation is 2. The predicted molar refractivity (Wildman–Crippen MR) is 86.0 cm³/mol. The molecule has 1 unspecified atom stereocenters. The van der Waals surface area contributed by atoms with Crippen LogP contribution < -0.4 is 4.90 Å². The van der Waals surface area contributed by atoms with Gasteiger partial charge < -0.3 is 9.32 Å². The average Bonchev–Trinajstić information content (AvgIpc) is 2.99. The maximum atomic E-state index is 12.6. The molecule has 2 rings (SSSR count). The van der Waals surface area contributed by atoms with Gasteiger partial charge in [0.05, 0.1) is 0 Å². The minimum Gasteiger partial charge on any atom is -0.423 e. The zero-order chi connectivity index (χ0) is 16.1. The number of hydrogen-bond donors (Lipinski definition) is 0. The summed E-state index contributed by atoms with van der Waals surface area (Å²) in [5.74, 6) is 0.813. The Morgan fingerprint density at radius 3 is 2.55 bits per heavy atom. The van der Waals surface area contributed by atoms with Gasteiger partial charge in [-0.2, -0.15) is 0 Å². The number of aromatic nitrogens is 2. The van der Waals surface area contributed by atoms with Crippen molar-refractivity contribution >= 4 is 23.2 Å². The van der Waals surface area contributed by atoms with Crippen LogP contribution in [0, 0.1) is 6.92 Å². The molecular formula is C16H20ClN3O2. The van der Waals surface area contributed by atoms with Gasteiger partial charge in [0, 0.05) is 12.1 Å². The highest BCUT2D eigenvalue weighted by molar-refractivity contribution is 6.32. The summed E-state index contributed by atoms with van der Waals surface area (Å²) in [6.45, 7) is 6.00. The predicted octanol–water partition coefficient (Wildman–Crippen LogP) is 3.49. The summed E-state index contributed by atoms with van der Waals surface area (Å²) < 4.78 is 5.53. The third-order valence-corrected chi connectivity index (χ3v) is 3.90. The number of carbonyl (C=O) groups excluding carboxylic acids is 1. The molecule has 0 aliphatic rings. The van der Waals surface area contributed by atoms with E-state index in [0.29, 0.717) is 24.6 Å². The van der Waals surface area contributed by atoms with Gasteiger partial charge in [-0.1, -0.05) is 32.0 Å². The van der Waals surface area contributed by atoms with Crippen LogP contribution in [0.2, 0.25) is 0 Å². The smallest absolute Gasteiger partial charge is 0.245 e. The minimum atomic E-state index is -0.576. The first-order valence-electron chi connectivity index (χ1n) is 7.39. The van der Waals surface area contributed by atoms with E-state index in [9.17, 15) is 4.79 Å². The highest BCUT2D eigenvalue weighted by Gasteiger charge is 2.25. The van der Waals surface area contributed by atoms with E-state index in [1.807, 2.05) is 45.0 Å². The van der Waals surface area contributed by atoms with Gasteiger partial charge in [0.2, 0.25) is 17.7 Å². The molecule has 0 fully saturated rings. The maximum Gasteiger partial charge on any atom is 0.245 e. The van der Waals surface area contributed by atoms with Crippen LogP contribution in [-0.2, 0) is 17.8 Å². The van der Waals surface area contributed by atoms with Gasteiger partial charge >= 0.3 is 0 Å². The molecule has 118 valence electrons. The maximum absolute atomic E-state index is 12.6. The Bertz CT molecular complexity index is 642. The number of anilines is 1. The first kappa shape index (κ1) is 16.5.